The van der Waals surface area contributed by atoms with Crippen LogP contribution < -0.4 is 10.6 Å². The zero-order valence-electron chi connectivity index (χ0n) is 28.3. The number of thioether (sulfide) groups is 1. The third-order valence-corrected chi connectivity index (χ3v) is 9.91. The molecule has 264 valence electrons. The van der Waals surface area contributed by atoms with E-state index in [2.05, 4.69) is 25.8 Å². The second kappa shape index (κ2) is 17.9. The van der Waals surface area contributed by atoms with Gasteiger partial charge in [-0.25, -0.2) is 4.79 Å². The summed E-state index contributed by atoms with van der Waals surface area (Å²) in [6, 6.07) is 29.9. The number of aliphatic hydroxyl groups is 1. The van der Waals surface area contributed by atoms with Gasteiger partial charge in [-0.05, 0) is 47.2 Å². The molecule has 2 aromatic heterocycles. The van der Waals surface area contributed by atoms with Crippen molar-refractivity contribution in [2.75, 3.05) is 26.0 Å². The number of hydrogen-bond acceptors (Lipinski definition) is 11. The summed E-state index contributed by atoms with van der Waals surface area (Å²) in [7, 11) is 1.30. The first kappa shape index (κ1) is 35.9. The van der Waals surface area contributed by atoms with Crippen molar-refractivity contribution in [1.29, 1.82) is 0 Å². The van der Waals surface area contributed by atoms with E-state index in [-0.39, 0.29) is 37.1 Å². The van der Waals surface area contributed by atoms with Crippen LogP contribution in [0.25, 0.3) is 11.5 Å². The first-order chi connectivity index (χ1) is 25.0. The number of nitrogens with zero attached hydrogens (tertiary/aromatic N) is 3. The van der Waals surface area contributed by atoms with Crippen LogP contribution in [0.1, 0.15) is 34.6 Å². The molecule has 1 saturated heterocycles. The van der Waals surface area contributed by atoms with E-state index in [1.54, 1.807) is 24.5 Å². The fraction of sp³-hybridized carbons (Fsp3) is 0.308. The Balaban J connectivity index is 1.12. The molecule has 1 aliphatic heterocycles. The molecule has 11 nitrogen and oxygen atoms in total. The summed E-state index contributed by atoms with van der Waals surface area (Å²) >= 11 is 1.39. The summed E-state index contributed by atoms with van der Waals surface area (Å²) < 4.78 is 17.3. The Hall–Kier alpha value is -4.88. The van der Waals surface area contributed by atoms with Crippen molar-refractivity contribution >= 4 is 23.6 Å². The predicted molar refractivity (Wildman–Crippen MR) is 193 cm³/mol. The lowest BCUT2D eigenvalue weighted by atomic mass is 9.81. The van der Waals surface area contributed by atoms with Gasteiger partial charge >= 0.3 is 6.09 Å². The maximum Gasteiger partial charge on any atom is 0.407 e. The Bertz CT molecular complexity index is 1810. The molecule has 3 heterocycles. The second-order valence-electron chi connectivity index (χ2n) is 12.3. The molecule has 3 N–H and O–H groups in total. The maximum atomic E-state index is 14.2. The molecule has 3 aromatic carbocycles. The van der Waals surface area contributed by atoms with Gasteiger partial charge in [-0.1, -0.05) is 96.7 Å². The van der Waals surface area contributed by atoms with Gasteiger partial charge in [0.25, 0.3) is 5.22 Å². The Morgan fingerprint density at radius 2 is 1.61 bits per heavy atom. The quantitative estimate of drug-likeness (QED) is 0.123. The van der Waals surface area contributed by atoms with Crippen LogP contribution in [-0.2, 0) is 27.1 Å². The summed E-state index contributed by atoms with van der Waals surface area (Å²) in [4.78, 5) is 30.9. The molecule has 0 bridgehead atoms. The van der Waals surface area contributed by atoms with E-state index in [9.17, 15) is 14.7 Å². The molecule has 1 aliphatic rings. The Kier molecular flexibility index (Phi) is 12.6. The molecular weight excluding hydrogens is 667 g/mol. The summed E-state index contributed by atoms with van der Waals surface area (Å²) in [6.45, 7) is 0.518. The highest BCUT2D eigenvalue weighted by molar-refractivity contribution is 7.99. The molecular formula is C39H41N5O6S. The molecule has 1 amide bonds. The SMILES string of the molecule is COC(=O)N[C@H](C(=O)Cc1ccccc1CC[C@@H]1CN[C@H](CO)[C@@H](CSc2nnc(-c3ccncc3)o2)O1)C(c1ccccc1)c1ccccc1. The monoisotopic (exact) mass is 707 g/mol. The van der Waals surface area contributed by atoms with Gasteiger partial charge in [0.05, 0.1) is 32.0 Å². The van der Waals surface area contributed by atoms with Crippen LogP contribution in [0.2, 0.25) is 0 Å². The smallest absolute Gasteiger partial charge is 0.407 e. The molecule has 51 heavy (non-hydrogen) atoms. The number of carbonyl (C=O) groups is 2. The number of aliphatic hydroxyl groups excluding tert-OH is 1. The second-order valence-corrected chi connectivity index (χ2v) is 13.2. The van der Waals surface area contributed by atoms with Gasteiger partial charge in [-0.3, -0.25) is 9.78 Å². The number of Topliss-reactive ketones (excluding diaryl/α,β-unsaturated/α-hetero) is 1. The highest BCUT2D eigenvalue weighted by Gasteiger charge is 2.34. The van der Waals surface area contributed by atoms with Crippen molar-refractivity contribution < 1.29 is 28.6 Å². The van der Waals surface area contributed by atoms with Crippen molar-refractivity contribution in [2.45, 2.75) is 54.7 Å². The number of amides is 1. The lowest BCUT2D eigenvalue weighted by Gasteiger charge is -2.36. The number of methoxy groups -OCH3 is 1. The van der Waals surface area contributed by atoms with Gasteiger partial charge in [-0.15, -0.1) is 10.2 Å². The van der Waals surface area contributed by atoms with Crippen molar-refractivity contribution in [3.8, 4) is 11.5 Å². The summed E-state index contributed by atoms with van der Waals surface area (Å²) in [5, 5.41) is 25.1. The number of aryl methyl sites for hydroxylation is 1. The fourth-order valence-corrected chi connectivity index (χ4v) is 7.22. The average molecular weight is 708 g/mol. The minimum absolute atomic E-state index is 0.0667. The van der Waals surface area contributed by atoms with Gasteiger partial charge < -0.3 is 29.6 Å². The molecule has 6 rings (SSSR count). The zero-order valence-corrected chi connectivity index (χ0v) is 29.1. The summed E-state index contributed by atoms with van der Waals surface area (Å²) in [6.07, 6.45) is 3.77. The van der Waals surface area contributed by atoms with E-state index in [1.165, 1.54) is 18.9 Å². The van der Waals surface area contributed by atoms with Crippen LogP contribution >= 0.6 is 11.8 Å². The number of hydrogen-bond donors (Lipinski definition) is 3. The number of nitrogens with one attached hydrogen (secondary N) is 2. The molecule has 0 radical (unpaired) electrons. The summed E-state index contributed by atoms with van der Waals surface area (Å²) in [5.41, 5.74) is 4.54. The zero-order chi connectivity index (χ0) is 35.4. The predicted octanol–water partition coefficient (Wildman–Crippen LogP) is 5.24. The molecule has 0 aliphatic carbocycles. The molecule has 0 saturated carbocycles. The number of ketones is 1. The highest BCUT2D eigenvalue weighted by Crippen LogP contribution is 2.30. The number of aromatic nitrogens is 3. The topological polar surface area (TPSA) is 149 Å². The molecule has 1 fully saturated rings. The molecule has 0 unspecified atom stereocenters. The van der Waals surface area contributed by atoms with Crippen LogP contribution in [0.4, 0.5) is 4.79 Å². The number of benzene rings is 3. The molecule has 12 heteroatoms. The van der Waals surface area contributed by atoms with Gasteiger partial charge in [-0.2, -0.15) is 0 Å². The first-order valence-corrected chi connectivity index (χ1v) is 17.9. The third kappa shape index (κ3) is 9.47. The average Bonchev–Trinajstić information content (AvgIpc) is 3.67. The maximum absolute atomic E-state index is 14.2. The van der Waals surface area contributed by atoms with Gasteiger partial charge in [0.1, 0.15) is 6.04 Å². The van der Waals surface area contributed by atoms with Crippen molar-refractivity contribution in [1.82, 2.24) is 25.8 Å². The number of morpholine rings is 1. The van der Waals surface area contributed by atoms with Crippen molar-refractivity contribution in [2.24, 2.45) is 0 Å². The Labute approximate surface area is 301 Å². The lowest BCUT2D eigenvalue weighted by molar-refractivity contribution is -0.120. The normalized spacial score (nSPS) is 17.9. The number of alkyl carbamates (subject to hydrolysis) is 1. The van der Waals surface area contributed by atoms with E-state index in [1.807, 2.05) is 84.9 Å². The number of carbonyl (C=O) groups excluding carboxylic acids is 2. The molecule has 5 aromatic rings. The van der Waals surface area contributed by atoms with E-state index >= 15 is 0 Å². The minimum Gasteiger partial charge on any atom is -0.453 e. The minimum atomic E-state index is -0.866. The Morgan fingerprint density at radius 1 is 0.941 bits per heavy atom. The van der Waals surface area contributed by atoms with E-state index in [4.69, 9.17) is 13.9 Å². The Morgan fingerprint density at radius 3 is 2.27 bits per heavy atom. The van der Waals surface area contributed by atoms with Gasteiger partial charge in [0, 0.05) is 42.6 Å². The van der Waals surface area contributed by atoms with Crippen LogP contribution in [0.5, 0.6) is 0 Å². The first-order valence-electron chi connectivity index (χ1n) is 16.9. The third-order valence-electron chi connectivity index (χ3n) is 9.00. The van der Waals surface area contributed by atoms with Crippen molar-refractivity contribution in [3.63, 3.8) is 0 Å². The van der Waals surface area contributed by atoms with Crippen LogP contribution in [-0.4, -0.2) is 82.5 Å². The largest absolute Gasteiger partial charge is 0.453 e. The number of pyridine rings is 1. The summed E-state index contributed by atoms with van der Waals surface area (Å²) in [5.74, 6) is 0.379. The molecule has 0 spiro atoms. The van der Waals surface area contributed by atoms with E-state index in [0.717, 1.165) is 27.8 Å². The van der Waals surface area contributed by atoms with Crippen LogP contribution in [0.15, 0.2) is 119 Å². The van der Waals surface area contributed by atoms with Gasteiger partial charge in [0.2, 0.25) is 5.89 Å². The highest BCUT2D eigenvalue weighted by atomic mass is 32.2. The standard InChI is InChI=1S/C39H41N5O6S/c1-48-38(47)42-36(35(27-11-4-2-5-12-27)28-13-6-3-7-14-28)33(46)22-30-15-9-8-10-26(30)16-17-31-23-41-32(24-45)34(49-31)25-51-39-44-43-37(50-39)29-18-20-40-21-19-29/h2-15,18-21,31-32,34-36,41,45H,16-17,22-25H2,1H3,(H,42,47)/t31-,32-,34-,36-/m1/s1. The fourth-order valence-electron chi connectivity index (χ4n) is 6.37. The van der Waals surface area contributed by atoms with E-state index < -0.39 is 18.1 Å². The van der Waals surface area contributed by atoms with E-state index in [0.29, 0.717) is 36.3 Å². The van der Waals surface area contributed by atoms with Crippen LogP contribution in [0.3, 0.4) is 0 Å². The number of ether oxygens (including phenoxy) is 2. The number of rotatable bonds is 15. The van der Waals surface area contributed by atoms with Crippen molar-refractivity contribution in [3.05, 3.63) is 132 Å². The molecule has 4 atom stereocenters. The van der Waals surface area contributed by atoms with Crippen LogP contribution in [0, 0.1) is 0 Å². The lowest BCUT2D eigenvalue weighted by Crippen LogP contribution is -2.55. The van der Waals surface area contributed by atoms with Gasteiger partial charge in [0.15, 0.2) is 5.78 Å².